The average molecular weight is 375 g/mol. The summed E-state index contributed by atoms with van der Waals surface area (Å²) in [6.45, 7) is 3.99. The van der Waals surface area contributed by atoms with Crippen LogP contribution in [0.4, 0.5) is 5.69 Å². The van der Waals surface area contributed by atoms with Crippen LogP contribution in [0.5, 0.6) is 5.75 Å². The first kappa shape index (κ1) is 19.5. The summed E-state index contributed by atoms with van der Waals surface area (Å²) in [5, 5.41) is 7.64. The Balaban J connectivity index is 1.69. The Bertz CT molecular complexity index is 771. The number of carbonyl (C=O) groups excluding carboxylic acids is 3. The Morgan fingerprint density at radius 1 is 0.962 bits per heavy atom. The molecule has 0 fully saturated rings. The molecule has 0 spiro atoms. The van der Waals surface area contributed by atoms with Gasteiger partial charge < -0.3 is 20.7 Å². The van der Waals surface area contributed by atoms with Crippen LogP contribution in [-0.4, -0.2) is 37.4 Å². The summed E-state index contributed by atoms with van der Waals surface area (Å²) in [5.74, 6) is -0.385. The lowest BCUT2D eigenvalue weighted by atomic mass is 10.3. The molecule has 0 radical (unpaired) electrons. The van der Waals surface area contributed by atoms with Gasteiger partial charge in [-0.05, 0) is 50.2 Å². The molecule has 138 valence electrons. The molecule has 0 saturated carbocycles. The summed E-state index contributed by atoms with van der Waals surface area (Å²) in [4.78, 5) is 37.0. The summed E-state index contributed by atoms with van der Waals surface area (Å²) in [6.07, 6.45) is 0. The van der Waals surface area contributed by atoms with Crippen molar-refractivity contribution in [1.82, 2.24) is 10.6 Å². The van der Waals surface area contributed by atoms with E-state index in [0.29, 0.717) is 17.2 Å². The predicted octanol–water partition coefficient (Wildman–Crippen LogP) is 1.94. The molecule has 2 rings (SSSR count). The molecule has 0 atom stereocenters. The number of benzene rings is 1. The third-order valence-electron chi connectivity index (χ3n) is 3.27. The van der Waals surface area contributed by atoms with Gasteiger partial charge in [-0.15, -0.1) is 11.3 Å². The van der Waals surface area contributed by atoms with Gasteiger partial charge in [0.15, 0.2) is 0 Å². The molecule has 0 aliphatic heterocycles. The van der Waals surface area contributed by atoms with Crippen LogP contribution in [0.3, 0.4) is 0 Å². The third-order valence-corrected chi connectivity index (χ3v) is 4.27. The minimum Gasteiger partial charge on any atom is -0.494 e. The quantitative estimate of drug-likeness (QED) is 0.657. The zero-order chi connectivity index (χ0) is 18.9. The van der Waals surface area contributed by atoms with E-state index in [1.165, 1.54) is 11.3 Å². The van der Waals surface area contributed by atoms with Gasteiger partial charge in [0.05, 0.1) is 24.6 Å². The fourth-order valence-corrected chi connectivity index (χ4v) is 2.84. The van der Waals surface area contributed by atoms with E-state index in [0.717, 1.165) is 10.6 Å². The smallest absolute Gasteiger partial charge is 0.261 e. The second kappa shape index (κ2) is 9.57. The molecular weight excluding hydrogens is 354 g/mol. The lowest BCUT2D eigenvalue weighted by Crippen LogP contribution is -2.40. The number of anilines is 1. The van der Waals surface area contributed by atoms with Crippen molar-refractivity contribution < 1.29 is 19.1 Å². The second-order valence-corrected chi connectivity index (χ2v) is 6.66. The lowest BCUT2D eigenvalue weighted by Gasteiger charge is -2.08. The number of hydrogen-bond donors (Lipinski definition) is 3. The van der Waals surface area contributed by atoms with E-state index >= 15 is 0 Å². The number of aryl methyl sites for hydroxylation is 1. The number of thiophene rings is 1. The summed E-state index contributed by atoms with van der Waals surface area (Å²) < 4.78 is 5.32. The van der Waals surface area contributed by atoms with Crippen LogP contribution in [0, 0.1) is 6.92 Å². The number of rotatable bonds is 8. The normalized spacial score (nSPS) is 10.1. The van der Waals surface area contributed by atoms with E-state index < -0.39 is 5.91 Å². The van der Waals surface area contributed by atoms with E-state index in [-0.39, 0.29) is 24.9 Å². The maximum atomic E-state index is 11.8. The van der Waals surface area contributed by atoms with Crippen molar-refractivity contribution in [2.75, 3.05) is 25.0 Å². The largest absolute Gasteiger partial charge is 0.494 e. The first-order chi connectivity index (χ1) is 12.5. The number of ether oxygens (including phenoxy) is 1. The maximum absolute atomic E-state index is 11.8. The zero-order valence-electron chi connectivity index (χ0n) is 14.6. The Labute approximate surface area is 155 Å². The summed E-state index contributed by atoms with van der Waals surface area (Å²) in [7, 11) is 0. The summed E-state index contributed by atoms with van der Waals surface area (Å²) >= 11 is 1.35. The van der Waals surface area contributed by atoms with Gasteiger partial charge >= 0.3 is 0 Å². The molecule has 1 aromatic carbocycles. The Hall–Kier alpha value is -2.87. The van der Waals surface area contributed by atoms with Gasteiger partial charge in [0.25, 0.3) is 5.91 Å². The molecule has 1 aromatic heterocycles. The average Bonchev–Trinajstić information content (AvgIpc) is 3.06. The molecule has 3 N–H and O–H groups in total. The van der Waals surface area contributed by atoms with Crippen LogP contribution in [0.2, 0.25) is 0 Å². The van der Waals surface area contributed by atoms with Gasteiger partial charge in [-0.2, -0.15) is 0 Å². The molecule has 0 saturated heterocycles. The molecule has 0 bridgehead atoms. The van der Waals surface area contributed by atoms with Crippen LogP contribution in [-0.2, 0) is 9.59 Å². The van der Waals surface area contributed by atoms with Crippen molar-refractivity contribution >= 4 is 34.7 Å². The molecule has 26 heavy (non-hydrogen) atoms. The van der Waals surface area contributed by atoms with Crippen LogP contribution in [0.1, 0.15) is 21.5 Å². The standard InChI is InChI=1S/C18H21N3O4S/c1-3-25-14-7-5-13(6-8-14)21-17(23)11-19-16(22)10-20-18(24)15-9-4-12(2)26-15/h4-9H,3,10-11H2,1-2H3,(H,19,22)(H,20,24)(H,21,23). The van der Waals surface area contributed by atoms with Crippen molar-refractivity contribution in [2.45, 2.75) is 13.8 Å². The van der Waals surface area contributed by atoms with Crippen molar-refractivity contribution in [3.05, 3.63) is 46.2 Å². The van der Waals surface area contributed by atoms with Crippen molar-refractivity contribution in [1.29, 1.82) is 0 Å². The molecule has 1 heterocycles. The molecule has 0 aliphatic carbocycles. The molecule has 8 heteroatoms. The summed E-state index contributed by atoms with van der Waals surface area (Å²) in [6, 6.07) is 10.5. The minimum atomic E-state index is -0.437. The zero-order valence-corrected chi connectivity index (χ0v) is 15.4. The monoisotopic (exact) mass is 375 g/mol. The van der Waals surface area contributed by atoms with Gasteiger partial charge in [-0.1, -0.05) is 0 Å². The topological polar surface area (TPSA) is 96.5 Å². The number of hydrogen-bond acceptors (Lipinski definition) is 5. The molecule has 2 aromatic rings. The molecule has 0 aliphatic rings. The highest BCUT2D eigenvalue weighted by molar-refractivity contribution is 7.13. The first-order valence-electron chi connectivity index (χ1n) is 8.12. The third kappa shape index (κ3) is 6.21. The van der Waals surface area contributed by atoms with Crippen LogP contribution in [0.25, 0.3) is 0 Å². The van der Waals surface area contributed by atoms with Gasteiger partial charge in [0.1, 0.15) is 5.75 Å². The lowest BCUT2D eigenvalue weighted by molar-refractivity contribution is -0.123. The number of amides is 3. The highest BCUT2D eigenvalue weighted by atomic mass is 32.1. The SMILES string of the molecule is CCOc1ccc(NC(=O)CNC(=O)CNC(=O)c2ccc(C)s2)cc1. The summed E-state index contributed by atoms with van der Waals surface area (Å²) in [5.41, 5.74) is 0.606. The molecular formula is C18H21N3O4S. The highest BCUT2D eigenvalue weighted by Gasteiger charge is 2.11. The second-order valence-electron chi connectivity index (χ2n) is 5.38. The van der Waals surface area contributed by atoms with Gasteiger partial charge in [-0.25, -0.2) is 0 Å². The van der Waals surface area contributed by atoms with E-state index in [1.54, 1.807) is 30.3 Å². The van der Waals surface area contributed by atoms with E-state index in [4.69, 9.17) is 4.74 Å². The maximum Gasteiger partial charge on any atom is 0.261 e. The molecule has 3 amide bonds. The number of carbonyl (C=O) groups is 3. The van der Waals surface area contributed by atoms with E-state index in [1.807, 2.05) is 19.9 Å². The van der Waals surface area contributed by atoms with Gasteiger partial charge in [0.2, 0.25) is 11.8 Å². The van der Waals surface area contributed by atoms with Crippen LogP contribution >= 0.6 is 11.3 Å². The fraction of sp³-hybridized carbons (Fsp3) is 0.278. The Morgan fingerprint density at radius 3 is 2.27 bits per heavy atom. The molecule has 7 nitrogen and oxygen atoms in total. The van der Waals surface area contributed by atoms with Crippen LogP contribution in [0.15, 0.2) is 36.4 Å². The molecule has 0 unspecified atom stereocenters. The van der Waals surface area contributed by atoms with Crippen molar-refractivity contribution in [3.8, 4) is 5.75 Å². The van der Waals surface area contributed by atoms with Gasteiger partial charge in [0, 0.05) is 10.6 Å². The van der Waals surface area contributed by atoms with Crippen LogP contribution < -0.4 is 20.7 Å². The number of nitrogens with one attached hydrogen (secondary N) is 3. The predicted molar refractivity (Wildman–Crippen MR) is 101 cm³/mol. The fourth-order valence-electron chi connectivity index (χ4n) is 2.05. The Kier molecular flexibility index (Phi) is 7.16. The minimum absolute atomic E-state index is 0.181. The van der Waals surface area contributed by atoms with E-state index in [2.05, 4.69) is 16.0 Å². The van der Waals surface area contributed by atoms with Crippen molar-refractivity contribution in [3.63, 3.8) is 0 Å². The Morgan fingerprint density at radius 2 is 1.65 bits per heavy atom. The van der Waals surface area contributed by atoms with Gasteiger partial charge in [-0.3, -0.25) is 14.4 Å². The first-order valence-corrected chi connectivity index (χ1v) is 8.93. The highest BCUT2D eigenvalue weighted by Crippen LogP contribution is 2.15. The van der Waals surface area contributed by atoms with E-state index in [9.17, 15) is 14.4 Å². The van der Waals surface area contributed by atoms with Crippen molar-refractivity contribution in [2.24, 2.45) is 0 Å².